The lowest BCUT2D eigenvalue weighted by Crippen LogP contribution is -1.99. The van der Waals surface area contributed by atoms with E-state index in [1.165, 1.54) is 3.58 Å². The van der Waals surface area contributed by atoms with Crippen molar-refractivity contribution in [3.8, 4) is 0 Å². The Labute approximate surface area is 75.3 Å². The molecule has 1 unspecified atom stereocenters. The number of ether oxygens (including phenoxy) is 1. The van der Waals surface area contributed by atoms with Crippen LogP contribution < -0.4 is 0 Å². The zero-order valence-corrected chi connectivity index (χ0v) is 8.38. The van der Waals surface area contributed by atoms with Gasteiger partial charge in [0.1, 0.15) is 5.76 Å². The quantitative estimate of drug-likeness (QED) is 0.650. The van der Waals surface area contributed by atoms with E-state index >= 15 is 0 Å². The van der Waals surface area contributed by atoms with Crippen LogP contribution in [0.4, 0.5) is 0 Å². The van der Waals surface area contributed by atoms with Crippen LogP contribution in [-0.2, 0) is 4.74 Å². The van der Waals surface area contributed by atoms with Crippen LogP contribution in [0.25, 0.3) is 0 Å². The van der Waals surface area contributed by atoms with Gasteiger partial charge in [-0.1, -0.05) is 13.0 Å². The van der Waals surface area contributed by atoms with Gasteiger partial charge in [0.05, 0.1) is 7.11 Å². The van der Waals surface area contributed by atoms with Crippen LogP contribution in [0.3, 0.4) is 0 Å². The van der Waals surface area contributed by atoms with Crippen molar-refractivity contribution < 1.29 is 4.74 Å². The third-order valence-corrected chi connectivity index (χ3v) is 2.54. The Morgan fingerprint density at radius 1 is 1.70 bits per heavy atom. The van der Waals surface area contributed by atoms with Gasteiger partial charge in [-0.25, -0.2) is 0 Å². The van der Waals surface area contributed by atoms with Gasteiger partial charge in [0.2, 0.25) is 0 Å². The SMILES string of the molecule is COC1=C(I)CC(C)C=C1. The molecule has 1 aliphatic carbocycles. The Morgan fingerprint density at radius 3 is 2.90 bits per heavy atom. The molecular formula is C8H11IO. The molecule has 0 N–H and O–H groups in total. The van der Waals surface area contributed by atoms with Crippen molar-refractivity contribution in [3.63, 3.8) is 0 Å². The van der Waals surface area contributed by atoms with Gasteiger partial charge in [-0.05, 0) is 41.0 Å². The molecule has 0 heterocycles. The van der Waals surface area contributed by atoms with Crippen LogP contribution in [0.15, 0.2) is 21.5 Å². The van der Waals surface area contributed by atoms with E-state index in [0.29, 0.717) is 5.92 Å². The number of hydrogen-bond acceptors (Lipinski definition) is 1. The fraction of sp³-hybridized carbons (Fsp3) is 0.500. The Hall–Kier alpha value is 0.01000. The summed E-state index contributed by atoms with van der Waals surface area (Å²) in [4.78, 5) is 0. The number of hydrogen-bond donors (Lipinski definition) is 0. The van der Waals surface area contributed by atoms with Crippen LogP contribution in [-0.4, -0.2) is 7.11 Å². The molecule has 0 saturated heterocycles. The predicted octanol–water partition coefficient (Wildman–Crippen LogP) is 2.88. The van der Waals surface area contributed by atoms with Crippen LogP contribution in [0.5, 0.6) is 0 Å². The molecule has 10 heavy (non-hydrogen) atoms. The van der Waals surface area contributed by atoms with Crippen molar-refractivity contribution in [2.45, 2.75) is 13.3 Å². The molecule has 56 valence electrons. The van der Waals surface area contributed by atoms with Crippen molar-refractivity contribution in [3.05, 3.63) is 21.5 Å². The zero-order chi connectivity index (χ0) is 7.56. The molecule has 0 amide bonds. The monoisotopic (exact) mass is 250 g/mol. The van der Waals surface area contributed by atoms with Gasteiger partial charge in [0.25, 0.3) is 0 Å². The van der Waals surface area contributed by atoms with Crippen LogP contribution in [0.1, 0.15) is 13.3 Å². The first-order chi connectivity index (χ1) is 4.74. The lowest BCUT2D eigenvalue weighted by Gasteiger charge is -2.14. The topological polar surface area (TPSA) is 9.23 Å². The summed E-state index contributed by atoms with van der Waals surface area (Å²) in [5.41, 5.74) is 0. The molecule has 1 rings (SSSR count). The normalized spacial score (nSPS) is 25.3. The van der Waals surface area contributed by atoms with E-state index in [2.05, 4.69) is 41.7 Å². The van der Waals surface area contributed by atoms with Gasteiger partial charge >= 0.3 is 0 Å². The Balaban J connectivity index is 2.73. The molecule has 0 fully saturated rings. The maximum Gasteiger partial charge on any atom is 0.127 e. The molecule has 0 aromatic rings. The molecule has 1 nitrogen and oxygen atoms in total. The molecule has 2 heteroatoms. The lowest BCUT2D eigenvalue weighted by molar-refractivity contribution is 0.301. The highest BCUT2D eigenvalue weighted by molar-refractivity contribution is 14.1. The Morgan fingerprint density at radius 2 is 2.40 bits per heavy atom. The zero-order valence-electron chi connectivity index (χ0n) is 6.23. The van der Waals surface area contributed by atoms with E-state index in [-0.39, 0.29) is 0 Å². The summed E-state index contributed by atoms with van der Waals surface area (Å²) in [6.45, 7) is 2.21. The minimum absolute atomic E-state index is 0.672. The molecule has 1 atom stereocenters. The smallest absolute Gasteiger partial charge is 0.127 e. The third kappa shape index (κ3) is 1.75. The van der Waals surface area contributed by atoms with E-state index in [4.69, 9.17) is 4.74 Å². The average Bonchev–Trinajstić information content (AvgIpc) is 1.88. The fourth-order valence-corrected chi connectivity index (χ4v) is 2.07. The van der Waals surface area contributed by atoms with E-state index in [9.17, 15) is 0 Å². The second kappa shape index (κ2) is 3.42. The highest BCUT2D eigenvalue weighted by atomic mass is 127. The predicted molar refractivity (Wildman–Crippen MR) is 51.0 cm³/mol. The van der Waals surface area contributed by atoms with E-state index in [1.807, 2.05) is 0 Å². The van der Waals surface area contributed by atoms with Crippen molar-refractivity contribution in [1.82, 2.24) is 0 Å². The maximum atomic E-state index is 5.14. The highest BCUT2D eigenvalue weighted by Gasteiger charge is 2.10. The van der Waals surface area contributed by atoms with E-state index < -0.39 is 0 Å². The largest absolute Gasteiger partial charge is 0.496 e. The Kier molecular flexibility index (Phi) is 2.77. The molecule has 0 aromatic heterocycles. The fourth-order valence-electron chi connectivity index (χ4n) is 0.972. The first kappa shape index (κ1) is 8.11. The summed E-state index contributed by atoms with van der Waals surface area (Å²) in [6, 6.07) is 0. The lowest BCUT2D eigenvalue weighted by atomic mass is 10.0. The number of rotatable bonds is 1. The molecular weight excluding hydrogens is 239 g/mol. The summed E-state index contributed by atoms with van der Waals surface area (Å²) < 4.78 is 6.47. The third-order valence-electron chi connectivity index (χ3n) is 1.56. The maximum absolute atomic E-state index is 5.14. The summed E-state index contributed by atoms with van der Waals surface area (Å²) in [6.07, 6.45) is 5.36. The summed E-state index contributed by atoms with van der Waals surface area (Å²) in [5.74, 6) is 1.70. The van der Waals surface area contributed by atoms with Gasteiger partial charge in [0.15, 0.2) is 0 Å². The highest BCUT2D eigenvalue weighted by Crippen LogP contribution is 2.28. The van der Waals surface area contributed by atoms with Crippen LogP contribution in [0.2, 0.25) is 0 Å². The van der Waals surface area contributed by atoms with Crippen molar-refractivity contribution in [2.75, 3.05) is 7.11 Å². The second-order valence-corrected chi connectivity index (χ2v) is 3.82. The molecule has 0 bridgehead atoms. The summed E-state index contributed by atoms with van der Waals surface area (Å²) >= 11 is 2.34. The summed E-state index contributed by atoms with van der Waals surface area (Å²) in [5, 5.41) is 0. The van der Waals surface area contributed by atoms with Gasteiger partial charge in [-0.15, -0.1) is 0 Å². The molecule has 0 aromatic carbocycles. The molecule has 0 radical (unpaired) electrons. The van der Waals surface area contributed by atoms with Crippen LogP contribution >= 0.6 is 22.6 Å². The second-order valence-electron chi connectivity index (χ2n) is 2.51. The molecule has 0 saturated carbocycles. The number of allylic oxidation sites excluding steroid dienone is 3. The van der Waals surface area contributed by atoms with Gasteiger partial charge < -0.3 is 4.74 Å². The number of methoxy groups -OCH3 is 1. The number of halogens is 1. The summed E-state index contributed by atoms with van der Waals surface area (Å²) in [7, 11) is 1.72. The van der Waals surface area contributed by atoms with Gasteiger partial charge in [-0.3, -0.25) is 0 Å². The van der Waals surface area contributed by atoms with E-state index in [1.54, 1.807) is 7.11 Å². The van der Waals surface area contributed by atoms with Crippen molar-refractivity contribution in [2.24, 2.45) is 5.92 Å². The van der Waals surface area contributed by atoms with Gasteiger partial charge in [-0.2, -0.15) is 0 Å². The molecule has 1 aliphatic rings. The molecule has 0 aliphatic heterocycles. The van der Waals surface area contributed by atoms with Crippen molar-refractivity contribution in [1.29, 1.82) is 0 Å². The minimum Gasteiger partial charge on any atom is -0.496 e. The average molecular weight is 250 g/mol. The standard InChI is InChI=1S/C8H11IO/c1-6-3-4-8(10-2)7(9)5-6/h3-4,6H,5H2,1-2H3. The van der Waals surface area contributed by atoms with Crippen molar-refractivity contribution >= 4 is 22.6 Å². The first-order valence-corrected chi connectivity index (χ1v) is 4.42. The van der Waals surface area contributed by atoms with E-state index in [0.717, 1.165) is 12.2 Å². The van der Waals surface area contributed by atoms with Crippen LogP contribution in [0, 0.1) is 5.92 Å². The Bertz CT molecular complexity index is 182. The van der Waals surface area contributed by atoms with Gasteiger partial charge in [0, 0.05) is 3.58 Å². The first-order valence-electron chi connectivity index (χ1n) is 3.35. The minimum atomic E-state index is 0.672. The molecule has 0 spiro atoms.